The Morgan fingerprint density at radius 1 is 1.25 bits per heavy atom. The molecule has 24 heavy (non-hydrogen) atoms. The van der Waals surface area contributed by atoms with E-state index in [4.69, 9.17) is 0 Å². The molecule has 0 radical (unpaired) electrons. The van der Waals surface area contributed by atoms with E-state index in [1.165, 1.54) is 11.0 Å². The summed E-state index contributed by atoms with van der Waals surface area (Å²) in [7, 11) is 0. The van der Waals surface area contributed by atoms with E-state index in [9.17, 15) is 18.7 Å². The molecular formula is C18H21F2NO3. The molecule has 0 unspecified atom stereocenters. The van der Waals surface area contributed by atoms with Crippen molar-refractivity contribution >= 4 is 16.7 Å². The number of aliphatic hydroxyl groups is 1. The molecule has 0 bridgehead atoms. The number of ether oxygens (including phenoxy) is 1. The first-order valence-electron chi connectivity index (χ1n) is 7.70. The van der Waals surface area contributed by atoms with Crippen LogP contribution < -0.4 is 4.74 Å². The first kappa shape index (κ1) is 18.1. The summed E-state index contributed by atoms with van der Waals surface area (Å²) in [6.45, 7) is 2.33. The maximum absolute atomic E-state index is 12.8. The third-order valence-electron chi connectivity index (χ3n) is 3.54. The van der Waals surface area contributed by atoms with E-state index >= 15 is 0 Å². The van der Waals surface area contributed by atoms with Crippen LogP contribution in [0.3, 0.4) is 0 Å². The predicted molar refractivity (Wildman–Crippen MR) is 88.5 cm³/mol. The SMILES string of the molecule is CCN(CC(C)(C)O)C(=O)c1cc2ccccc2cc1OC(F)F. The minimum atomic E-state index is -3.03. The zero-order valence-electron chi connectivity index (χ0n) is 13.9. The van der Waals surface area contributed by atoms with Gasteiger partial charge in [-0.2, -0.15) is 8.78 Å². The lowest BCUT2D eigenvalue weighted by atomic mass is 10.0. The molecule has 130 valence electrons. The third-order valence-corrected chi connectivity index (χ3v) is 3.54. The zero-order valence-corrected chi connectivity index (χ0v) is 13.9. The van der Waals surface area contributed by atoms with Crippen LogP contribution in [-0.4, -0.2) is 41.2 Å². The number of likely N-dealkylation sites (N-methyl/N-ethyl adjacent to an activating group) is 1. The van der Waals surface area contributed by atoms with E-state index in [2.05, 4.69) is 4.74 Å². The molecule has 6 heteroatoms. The molecule has 0 aliphatic carbocycles. The average molecular weight is 337 g/mol. The average Bonchev–Trinajstić information content (AvgIpc) is 2.50. The fraction of sp³-hybridized carbons (Fsp3) is 0.389. The highest BCUT2D eigenvalue weighted by Gasteiger charge is 2.25. The summed E-state index contributed by atoms with van der Waals surface area (Å²) in [5.74, 6) is -0.621. The van der Waals surface area contributed by atoms with Crippen LogP contribution in [0.4, 0.5) is 8.78 Å². The van der Waals surface area contributed by atoms with Gasteiger partial charge in [-0.05, 0) is 43.7 Å². The standard InChI is InChI=1S/C18H21F2NO3/c1-4-21(11-18(2,3)23)16(22)14-9-12-7-5-6-8-13(12)10-15(14)24-17(19)20/h5-10,17,23H,4,11H2,1-3H3. The molecule has 0 saturated carbocycles. The normalized spacial score (nSPS) is 11.8. The molecule has 0 aromatic heterocycles. The van der Waals surface area contributed by atoms with E-state index in [0.717, 1.165) is 5.39 Å². The van der Waals surface area contributed by atoms with Crippen molar-refractivity contribution in [3.8, 4) is 5.75 Å². The third kappa shape index (κ3) is 4.41. The summed E-state index contributed by atoms with van der Waals surface area (Å²) in [5, 5.41) is 11.4. The van der Waals surface area contributed by atoms with Gasteiger partial charge < -0.3 is 14.7 Å². The maximum Gasteiger partial charge on any atom is 0.387 e. The lowest BCUT2D eigenvalue weighted by Crippen LogP contribution is -2.42. The fourth-order valence-electron chi connectivity index (χ4n) is 2.54. The number of alkyl halides is 2. The lowest BCUT2D eigenvalue weighted by molar-refractivity contribution is -0.0503. The molecule has 0 saturated heterocycles. The Kier molecular flexibility index (Phi) is 5.39. The second kappa shape index (κ2) is 7.13. The van der Waals surface area contributed by atoms with Gasteiger partial charge in [-0.1, -0.05) is 24.3 Å². The summed E-state index contributed by atoms with van der Waals surface area (Å²) < 4.78 is 30.0. The Balaban J connectivity index is 2.49. The van der Waals surface area contributed by atoms with E-state index < -0.39 is 18.1 Å². The van der Waals surface area contributed by atoms with Gasteiger partial charge in [0.05, 0.1) is 11.2 Å². The highest BCUT2D eigenvalue weighted by molar-refractivity contribution is 6.01. The van der Waals surface area contributed by atoms with Gasteiger partial charge in [0, 0.05) is 13.1 Å². The molecule has 0 aliphatic heterocycles. The minimum absolute atomic E-state index is 0.0556. The molecule has 2 aromatic rings. The monoisotopic (exact) mass is 337 g/mol. The smallest absolute Gasteiger partial charge is 0.387 e. The number of fused-ring (bicyclic) bond motifs is 1. The Labute approximate surface area is 139 Å². The van der Waals surface area contributed by atoms with E-state index in [1.54, 1.807) is 51.1 Å². The van der Waals surface area contributed by atoms with Crippen molar-refractivity contribution in [2.24, 2.45) is 0 Å². The number of amides is 1. The van der Waals surface area contributed by atoms with Crippen LogP contribution in [0.5, 0.6) is 5.75 Å². The van der Waals surface area contributed by atoms with Crippen molar-refractivity contribution in [3.05, 3.63) is 42.0 Å². The van der Waals surface area contributed by atoms with Crippen LogP contribution in [0.15, 0.2) is 36.4 Å². The molecule has 2 aromatic carbocycles. The molecule has 4 nitrogen and oxygen atoms in total. The number of hydrogen-bond donors (Lipinski definition) is 1. The van der Waals surface area contributed by atoms with Crippen molar-refractivity contribution in [1.82, 2.24) is 4.90 Å². The minimum Gasteiger partial charge on any atom is -0.434 e. The number of rotatable bonds is 6. The quantitative estimate of drug-likeness (QED) is 0.875. The highest BCUT2D eigenvalue weighted by Crippen LogP contribution is 2.29. The number of benzene rings is 2. The summed E-state index contributed by atoms with van der Waals surface area (Å²) in [4.78, 5) is 14.2. The molecule has 2 rings (SSSR count). The Hall–Kier alpha value is -2.21. The van der Waals surface area contributed by atoms with Crippen LogP contribution in [-0.2, 0) is 0 Å². The van der Waals surface area contributed by atoms with Gasteiger partial charge in [-0.25, -0.2) is 0 Å². The van der Waals surface area contributed by atoms with Crippen LogP contribution in [0.2, 0.25) is 0 Å². The number of carbonyl (C=O) groups is 1. The summed E-state index contributed by atoms with van der Waals surface area (Å²) in [5.41, 5.74) is -1.04. The van der Waals surface area contributed by atoms with E-state index in [0.29, 0.717) is 11.9 Å². The van der Waals surface area contributed by atoms with Gasteiger partial charge in [0.15, 0.2) is 0 Å². The van der Waals surface area contributed by atoms with Crippen LogP contribution >= 0.6 is 0 Å². The predicted octanol–water partition coefficient (Wildman–Crippen LogP) is 3.67. The second-order valence-electron chi connectivity index (χ2n) is 6.21. The zero-order chi connectivity index (χ0) is 17.9. The van der Waals surface area contributed by atoms with Gasteiger partial charge in [0.25, 0.3) is 5.91 Å². The van der Waals surface area contributed by atoms with Gasteiger partial charge in [-0.15, -0.1) is 0 Å². The topological polar surface area (TPSA) is 49.8 Å². The highest BCUT2D eigenvalue weighted by atomic mass is 19.3. The molecule has 0 aliphatic rings. The van der Waals surface area contributed by atoms with E-state index in [-0.39, 0.29) is 17.9 Å². The molecule has 1 N–H and O–H groups in total. The molecule has 0 heterocycles. The Bertz CT molecular complexity index is 726. The summed E-state index contributed by atoms with van der Waals surface area (Å²) in [6.07, 6.45) is 0. The largest absolute Gasteiger partial charge is 0.434 e. The summed E-state index contributed by atoms with van der Waals surface area (Å²) >= 11 is 0. The van der Waals surface area contributed by atoms with Crippen LogP contribution in [0.25, 0.3) is 10.8 Å². The first-order chi connectivity index (χ1) is 11.2. The number of halogens is 2. The molecular weight excluding hydrogens is 316 g/mol. The van der Waals surface area contributed by atoms with E-state index in [1.807, 2.05) is 0 Å². The van der Waals surface area contributed by atoms with Crippen LogP contribution in [0, 0.1) is 0 Å². The second-order valence-corrected chi connectivity index (χ2v) is 6.21. The van der Waals surface area contributed by atoms with Gasteiger partial charge in [0.2, 0.25) is 0 Å². The maximum atomic E-state index is 12.8. The number of hydrogen-bond acceptors (Lipinski definition) is 3. The van der Waals surface area contributed by atoms with Crippen molar-refractivity contribution in [3.63, 3.8) is 0 Å². The molecule has 0 atom stereocenters. The fourth-order valence-corrected chi connectivity index (χ4v) is 2.54. The molecule has 1 amide bonds. The van der Waals surface area contributed by atoms with Crippen molar-refractivity contribution < 1.29 is 23.4 Å². The van der Waals surface area contributed by atoms with Gasteiger partial charge in [0.1, 0.15) is 5.75 Å². The van der Waals surface area contributed by atoms with Crippen LogP contribution in [0.1, 0.15) is 31.1 Å². The van der Waals surface area contributed by atoms with Gasteiger partial charge in [-0.3, -0.25) is 4.79 Å². The van der Waals surface area contributed by atoms with Crippen molar-refractivity contribution in [2.45, 2.75) is 33.0 Å². The lowest BCUT2D eigenvalue weighted by Gasteiger charge is -2.28. The number of carbonyl (C=O) groups excluding carboxylic acids is 1. The molecule has 0 fully saturated rings. The first-order valence-corrected chi connectivity index (χ1v) is 7.70. The Morgan fingerprint density at radius 3 is 2.33 bits per heavy atom. The van der Waals surface area contributed by atoms with Gasteiger partial charge >= 0.3 is 6.61 Å². The Morgan fingerprint density at radius 2 is 1.83 bits per heavy atom. The number of nitrogens with zero attached hydrogens (tertiary/aromatic N) is 1. The summed E-state index contributed by atoms with van der Waals surface area (Å²) in [6, 6.07) is 10.1. The van der Waals surface area contributed by atoms with Crippen molar-refractivity contribution in [2.75, 3.05) is 13.1 Å². The van der Waals surface area contributed by atoms with Crippen molar-refractivity contribution in [1.29, 1.82) is 0 Å². The molecule has 0 spiro atoms.